The summed E-state index contributed by atoms with van der Waals surface area (Å²) in [7, 11) is -3.51. The van der Waals surface area contributed by atoms with Crippen molar-refractivity contribution in [3.8, 4) is 0 Å². The van der Waals surface area contributed by atoms with Gasteiger partial charge in [0.2, 0.25) is 10.0 Å². The summed E-state index contributed by atoms with van der Waals surface area (Å²) in [5.74, 6) is 0. The molecule has 0 aromatic heterocycles. The van der Waals surface area contributed by atoms with Crippen molar-refractivity contribution >= 4 is 26.0 Å². The number of hydrogen-bond donors (Lipinski definition) is 1. The highest BCUT2D eigenvalue weighted by molar-refractivity contribution is 9.10. The zero-order valence-electron chi connectivity index (χ0n) is 11.3. The van der Waals surface area contributed by atoms with Gasteiger partial charge in [-0.15, -0.1) is 0 Å². The monoisotopic (exact) mass is 353 g/mol. The molecule has 0 fully saturated rings. The van der Waals surface area contributed by atoms with Crippen LogP contribution in [0.25, 0.3) is 0 Å². The molecule has 2 rings (SSSR count). The van der Waals surface area contributed by atoms with Crippen LogP contribution in [0.4, 0.5) is 0 Å². The molecule has 5 heteroatoms. The van der Waals surface area contributed by atoms with Crippen LogP contribution in [-0.4, -0.2) is 8.42 Å². The number of aryl methyl sites for hydroxylation is 1. The van der Waals surface area contributed by atoms with Crippen molar-refractivity contribution in [2.75, 3.05) is 0 Å². The first-order valence-corrected chi connectivity index (χ1v) is 8.51. The van der Waals surface area contributed by atoms with Crippen LogP contribution in [0.2, 0.25) is 0 Å². The van der Waals surface area contributed by atoms with Gasteiger partial charge in [-0.1, -0.05) is 40.2 Å². The molecular weight excluding hydrogens is 338 g/mol. The highest BCUT2D eigenvalue weighted by atomic mass is 79.9. The lowest BCUT2D eigenvalue weighted by Gasteiger charge is -2.16. The van der Waals surface area contributed by atoms with E-state index in [4.69, 9.17) is 0 Å². The van der Waals surface area contributed by atoms with Crippen molar-refractivity contribution in [2.24, 2.45) is 0 Å². The molecule has 0 aliphatic rings. The first-order chi connectivity index (χ1) is 9.40. The minimum Gasteiger partial charge on any atom is -0.207 e. The molecule has 20 heavy (non-hydrogen) atoms. The molecular formula is C15H16BrNO2S. The van der Waals surface area contributed by atoms with E-state index >= 15 is 0 Å². The van der Waals surface area contributed by atoms with Crippen molar-refractivity contribution in [1.29, 1.82) is 0 Å². The van der Waals surface area contributed by atoms with Crippen LogP contribution in [-0.2, 0) is 10.0 Å². The molecule has 0 spiro atoms. The van der Waals surface area contributed by atoms with Crippen LogP contribution in [0, 0.1) is 6.92 Å². The summed E-state index contributed by atoms with van der Waals surface area (Å²) in [6.45, 7) is 3.82. The van der Waals surface area contributed by atoms with E-state index in [2.05, 4.69) is 20.7 Å². The summed E-state index contributed by atoms with van der Waals surface area (Å²) in [5.41, 5.74) is 2.05. The number of halogens is 1. The van der Waals surface area contributed by atoms with Gasteiger partial charge in [0.1, 0.15) is 0 Å². The maximum absolute atomic E-state index is 12.3. The van der Waals surface area contributed by atoms with Gasteiger partial charge in [-0.3, -0.25) is 0 Å². The van der Waals surface area contributed by atoms with Gasteiger partial charge in [0.05, 0.1) is 4.90 Å². The lowest BCUT2D eigenvalue weighted by atomic mass is 10.0. The fourth-order valence-corrected chi connectivity index (χ4v) is 3.54. The Labute approximate surface area is 128 Å². The number of sulfonamides is 1. The number of benzene rings is 2. The second-order valence-corrected chi connectivity index (χ2v) is 7.28. The maximum atomic E-state index is 12.3. The topological polar surface area (TPSA) is 46.2 Å². The van der Waals surface area contributed by atoms with Crippen LogP contribution in [0.3, 0.4) is 0 Å². The Morgan fingerprint density at radius 2 is 1.65 bits per heavy atom. The minimum absolute atomic E-state index is 0.265. The molecule has 1 N–H and O–H groups in total. The molecule has 3 nitrogen and oxygen atoms in total. The Kier molecular flexibility index (Phi) is 4.62. The van der Waals surface area contributed by atoms with Crippen molar-refractivity contribution in [3.05, 3.63) is 64.1 Å². The smallest absolute Gasteiger partial charge is 0.207 e. The summed E-state index contributed by atoms with van der Waals surface area (Å²) >= 11 is 3.29. The lowest BCUT2D eigenvalue weighted by Crippen LogP contribution is -2.27. The zero-order valence-corrected chi connectivity index (χ0v) is 13.7. The molecule has 0 saturated heterocycles. The van der Waals surface area contributed by atoms with E-state index in [1.165, 1.54) is 0 Å². The average molecular weight is 354 g/mol. The fraction of sp³-hybridized carbons (Fsp3) is 0.200. The molecule has 0 aliphatic heterocycles. The third-order valence-electron chi connectivity index (χ3n) is 3.11. The zero-order chi connectivity index (χ0) is 14.8. The van der Waals surface area contributed by atoms with Crippen LogP contribution in [0.5, 0.6) is 0 Å². The van der Waals surface area contributed by atoms with E-state index < -0.39 is 10.0 Å². The van der Waals surface area contributed by atoms with Crippen molar-refractivity contribution in [2.45, 2.75) is 24.8 Å². The summed E-state index contributed by atoms with van der Waals surface area (Å²) in [5, 5.41) is 0. The molecule has 0 radical (unpaired) electrons. The normalized spacial score (nSPS) is 13.2. The average Bonchev–Trinajstić information content (AvgIpc) is 2.39. The Morgan fingerprint density at radius 3 is 2.25 bits per heavy atom. The first-order valence-electron chi connectivity index (χ1n) is 6.23. The van der Waals surface area contributed by atoms with E-state index in [1.54, 1.807) is 24.3 Å². The van der Waals surface area contributed by atoms with Gasteiger partial charge in [-0.25, -0.2) is 13.1 Å². The number of rotatable bonds is 4. The Hall–Kier alpha value is -1.17. The summed E-state index contributed by atoms with van der Waals surface area (Å²) < 4.78 is 28.2. The Morgan fingerprint density at radius 1 is 1.05 bits per heavy atom. The van der Waals surface area contributed by atoms with Crippen molar-refractivity contribution in [1.82, 2.24) is 4.72 Å². The molecule has 2 aromatic carbocycles. The summed E-state index contributed by atoms with van der Waals surface area (Å²) in [4.78, 5) is 0.265. The van der Waals surface area contributed by atoms with Crippen LogP contribution < -0.4 is 4.72 Å². The van der Waals surface area contributed by atoms with Crippen LogP contribution >= 0.6 is 15.9 Å². The molecule has 1 atom stereocenters. The highest BCUT2D eigenvalue weighted by Gasteiger charge is 2.18. The highest BCUT2D eigenvalue weighted by Crippen LogP contribution is 2.20. The first kappa shape index (κ1) is 15.2. The van der Waals surface area contributed by atoms with E-state index in [0.29, 0.717) is 0 Å². The van der Waals surface area contributed by atoms with Crippen LogP contribution in [0.15, 0.2) is 57.9 Å². The van der Waals surface area contributed by atoms with Gasteiger partial charge in [-0.05, 0) is 49.2 Å². The largest absolute Gasteiger partial charge is 0.241 e. The van der Waals surface area contributed by atoms with Gasteiger partial charge < -0.3 is 0 Å². The van der Waals surface area contributed by atoms with Gasteiger partial charge in [0.25, 0.3) is 0 Å². The molecule has 1 unspecified atom stereocenters. The summed E-state index contributed by atoms with van der Waals surface area (Å²) in [6, 6.07) is 14.1. The molecule has 0 heterocycles. The number of nitrogens with one attached hydrogen (secondary N) is 1. The molecule has 0 aliphatic carbocycles. The SMILES string of the molecule is Cc1ccccc1C(C)NS(=O)(=O)c1ccc(Br)cc1. The number of hydrogen-bond acceptors (Lipinski definition) is 2. The van der Waals surface area contributed by atoms with E-state index in [0.717, 1.165) is 15.6 Å². The predicted octanol–water partition coefficient (Wildman–Crippen LogP) is 3.80. The van der Waals surface area contributed by atoms with Gasteiger partial charge >= 0.3 is 0 Å². The molecule has 106 valence electrons. The van der Waals surface area contributed by atoms with Crippen molar-refractivity contribution in [3.63, 3.8) is 0 Å². The quantitative estimate of drug-likeness (QED) is 0.908. The predicted molar refractivity (Wildman–Crippen MR) is 84.1 cm³/mol. The summed E-state index contributed by atoms with van der Waals surface area (Å²) in [6.07, 6.45) is 0. The molecule has 0 bridgehead atoms. The minimum atomic E-state index is -3.51. The Balaban J connectivity index is 2.24. The van der Waals surface area contributed by atoms with Gasteiger partial charge in [0.15, 0.2) is 0 Å². The van der Waals surface area contributed by atoms with Crippen LogP contribution in [0.1, 0.15) is 24.1 Å². The molecule has 2 aromatic rings. The maximum Gasteiger partial charge on any atom is 0.241 e. The second-order valence-electron chi connectivity index (χ2n) is 4.65. The van der Waals surface area contributed by atoms with E-state index in [9.17, 15) is 8.42 Å². The second kappa shape index (κ2) is 6.08. The third kappa shape index (κ3) is 3.48. The van der Waals surface area contributed by atoms with E-state index in [-0.39, 0.29) is 10.9 Å². The standard InChI is InChI=1S/C15H16BrNO2S/c1-11-5-3-4-6-15(11)12(2)17-20(18,19)14-9-7-13(16)8-10-14/h3-10,12,17H,1-2H3. The fourth-order valence-electron chi connectivity index (χ4n) is 2.05. The van der Waals surface area contributed by atoms with Gasteiger partial charge in [0, 0.05) is 10.5 Å². The third-order valence-corrected chi connectivity index (χ3v) is 5.20. The Bertz CT molecular complexity index is 696. The van der Waals surface area contributed by atoms with Crippen molar-refractivity contribution < 1.29 is 8.42 Å². The van der Waals surface area contributed by atoms with E-state index in [1.807, 2.05) is 38.1 Å². The lowest BCUT2D eigenvalue weighted by molar-refractivity contribution is 0.566. The molecule has 0 saturated carbocycles. The van der Waals surface area contributed by atoms with Gasteiger partial charge in [-0.2, -0.15) is 0 Å². The molecule has 0 amide bonds.